The molecule has 0 radical (unpaired) electrons. The van der Waals surface area contributed by atoms with Crippen molar-refractivity contribution >= 4 is 22.8 Å². The summed E-state index contributed by atoms with van der Waals surface area (Å²) in [5.41, 5.74) is 1.27. The summed E-state index contributed by atoms with van der Waals surface area (Å²) in [6.45, 7) is 0. The van der Waals surface area contributed by atoms with E-state index in [0.29, 0.717) is 17.4 Å². The molecule has 0 unspecified atom stereocenters. The van der Waals surface area contributed by atoms with Crippen molar-refractivity contribution in [3.05, 3.63) is 48.4 Å². The number of esters is 2. The molecule has 0 amide bonds. The first-order valence-electron chi connectivity index (χ1n) is 8.20. The fraction of sp³-hybridized carbons (Fsp3) is 0.263. The maximum Gasteiger partial charge on any atom is 0.315 e. The van der Waals surface area contributed by atoms with E-state index < -0.39 is 17.9 Å². The Labute approximate surface area is 155 Å². The van der Waals surface area contributed by atoms with E-state index in [9.17, 15) is 9.59 Å². The van der Waals surface area contributed by atoms with E-state index in [4.69, 9.17) is 14.2 Å². The van der Waals surface area contributed by atoms with Gasteiger partial charge >= 0.3 is 11.9 Å². The Kier molecular flexibility index (Phi) is 5.35. The molecule has 3 aromatic rings. The summed E-state index contributed by atoms with van der Waals surface area (Å²) >= 11 is 0. The molecule has 1 atom stereocenters. The number of carbonyl (C=O) groups excluding carboxylic acids is 2. The number of hydrogen-bond acceptors (Lipinski definition) is 7. The van der Waals surface area contributed by atoms with Gasteiger partial charge in [0, 0.05) is 29.5 Å². The topological polar surface area (TPSA) is 92.5 Å². The minimum Gasteiger partial charge on any atom is -0.497 e. The number of carbonyl (C=O) groups is 2. The number of nitrogens with zero attached hydrogens (tertiary/aromatic N) is 3. The van der Waals surface area contributed by atoms with Crippen LogP contribution in [0.5, 0.6) is 5.75 Å². The van der Waals surface area contributed by atoms with Crippen molar-refractivity contribution in [2.75, 3.05) is 21.3 Å². The molecule has 2 heterocycles. The number of methoxy groups -OCH3 is 3. The molecule has 8 heteroatoms. The molecule has 27 heavy (non-hydrogen) atoms. The van der Waals surface area contributed by atoms with Crippen LogP contribution in [-0.2, 0) is 19.1 Å². The lowest BCUT2D eigenvalue weighted by Gasteiger charge is -2.16. The van der Waals surface area contributed by atoms with Crippen LogP contribution in [0, 0.1) is 0 Å². The van der Waals surface area contributed by atoms with E-state index in [1.54, 1.807) is 30.1 Å². The predicted molar refractivity (Wildman–Crippen MR) is 96.8 cm³/mol. The van der Waals surface area contributed by atoms with Crippen molar-refractivity contribution in [3.8, 4) is 11.7 Å². The number of hydrogen-bond donors (Lipinski definition) is 0. The number of fused-ring (bicyclic) bond motifs is 1. The van der Waals surface area contributed by atoms with E-state index >= 15 is 0 Å². The minimum atomic E-state index is -0.871. The van der Waals surface area contributed by atoms with Gasteiger partial charge in [0.1, 0.15) is 11.7 Å². The molecule has 3 rings (SSSR count). The molecule has 0 saturated carbocycles. The van der Waals surface area contributed by atoms with E-state index in [-0.39, 0.29) is 6.42 Å². The smallest absolute Gasteiger partial charge is 0.315 e. The summed E-state index contributed by atoms with van der Waals surface area (Å²) in [5.74, 6) is -0.924. The second kappa shape index (κ2) is 7.86. The summed E-state index contributed by atoms with van der Waals surface area (Å²) < 4.78 is 16.7. The lowest BCUT2D eigenvalue weighted by molar-refractivity contribution is -0.149. The Morgan fingerprint density at radius 1 is 1.07 bits per heavy atom. The third-order valence-electron chi connectivity index (χ3n) is 4.23. The molecule has 140 valence electrons. The largest absolute Gasteiger partial charge is 0.497 e. The fourth-order valence-corrected chi connectivity index (χ4v) is 2.92. The number of benzene rings is 1. The molecular formula is C19H19N3O5. The molecular weight excluding hydrogens is 350 g/mol. The highest BCUT2D eigenvalue weighted by Gasteiger charge is 2.30. The molecule has 0 aliphatic carbocycles. The van der Waals surface area contributed by atoms with Crippen molar-refractivity contribution in [1.82, 2.24) is 14.5 Å². The fourth-order valence-electron chi connectivity index (χ4n) is 2.92. The molecule has 0 spiro atoms. The monoisotopic (exact) mass is 369 g/mol. The zero-order valence-corrected chi connectivity index (χ0v) is 15.2. The van der Waals surface area contributed by atoms with Crippen LogP contribution in [0.25, 0.3) is 16.9 Å². The third kappa shape index (κ3) is 3.59. The molecule has 8 nitrogen and oxygen atoms in total. The second-order valence-electron chi connectivity index (χ2n) is 5.73. The lowest BCUT2D eigenvalue weighted by atomic mass is 10.0. The number of aromatic nitrogens is 3. The van der Waals surface area contributed by atoms with E-state index in [0.717, 1.165) is 10.9 Å². The van der Waals surface area contributed by atoms with Gasteiger partial charge in [0.2, 0.25) is 5.95 Å². The summed E-state index contributed by atoms with van der Waals surface area (Å²) in [6.07, 6.45) is 3.04. The molecule has 0 aliphatic heterocycles. The maximum absolute atomic E-state index is 12.4. The van der Waals surface area contributed by atoms with Crippen molar-refractivity contribution < 1.29 is 23.8 Å². The van der Waals surface area contributed by atoms with E-state index in [1.165, 1.54) is 14.2 Å². The van der Waals surface area contributed by atoms with Gasteiger partial charge < -0.3 is 14.2 Å². The highest BCUT2D eigenvalue weighted by molar-refractivity contribution is 5.89. The molecule has 0 N–H and O–H groups in total. The van der Waals surface area contributed by atoms with Crippen LogP contribution < -0.4 is 4.74 Å². The Morgan fingerprint density at radius 3 is 2.44 bits per heavy atom. The van der Waals surface area contributed by atoms with Gasteiger partial charge in [-0.1, -0.05) is 0 Å². The Morgan fingerprint density at radius 2 is 1.81 bits per heavy atom. The first-order valence-corrected chi connectivity index (χ1v) is 8.20. The quantitative estimate of drug-likeness (QED) is 0.615. The van der Waals surface area contributed by atoms with E-state index in [1.807, 2.05) is 24.3 Å². The third-order valence-corrected chi connectivity index (χ3v) is 4.23. The molecule has 0 bridgehead atoms. The van der Waals surface area contributed by atoms with Crippen LogP contribution in [-0.4, -0.2) is 47.8 Å². The average Bonchev–Trinajstić information content (AvgIpc) is 3.09. The van der Waals surface area contributed by atoms with Gasteiger partial charge in [-0.2, -0.15) is 0 Å². The van der Waals surface area contributed by atoms with Gasteiger partial charge in [-0.05, 0) is 24.3 Å². The highest BCUT2D eigenvalue weighted by atomic mass is 16.5. The first kappa shape index (κ1) is 18.4. The Bertz CT molecular complexity index is 968. The molecule has 0 aliphatic rings. The number of rotatable bonds is 6. The average molecular weight is 369 g/mol. The van der Waals surface area contributed by atoms with Crippen molar-refractivity contribution in [2.45, 2.75) is 12.3 Å². The summed E-state index contributed by atoms with van der Waals surface area (Å²) in [6, 6.07) is 9.01. The second-order valence-corrected chi connectivity index (χ2v) is 5.73. The highest BCUT2D eigenvalue weighted by Crippen LogP contribution is 2.32. The van der Waals surface area contributed by atoms with Crippen molar-refractivity contribution in [1.29, 1.82) is 0 Å². The Balaban J connectivity index is 2.26. The van der Waals surface area contributed by atoms with Crippen LogP contribution in [0.4, 0.5) is 0 Å². The van der Waals surface area contributed by atoms with Crippen LogP contribution in [0.3, 0.4) is 0 Å². The zero-order chi connectivity index (χ0) is 19.4. The predicted octanol–water partition coefficient (Wildman–Crippen LogP) is 2.25. The SMILES string of the molecule is COC(=O)C[C@@H](C(=O)OC)c1cc2ccc(OC)cc2n1-c1ncccn1. The minimum absolute atomic E-state index is 0.163. The zero-order valence-electron chi connectivity index (χ0n) is 15.2. The van der Waals surface area contributed by atoms with Crippen LogP contribution in [0.2, 0.25) is 0 Å². The molecule has 0 fully saturated rings. The molecule has 1 aromatic carbocycles. The summed E-state index contributed by atoms with van der Waals surface area (Å²) in [4.78, 5) is 32.9. The summed E-state index contributed by atoms with van der Waals surface area (Å²) in [7, 11) is 4.13. The standard InChI is InChI=1S/C19H19N3O5/c1-25-13-6-5-12-9-16(14(18(24)27-3)11-17(23)26-2)22(15(12)10-13)19-20-7-4-8-21-19/h4-10,14H,11H2,1-3H3/t14-/m1/s1. The van der Waals surface area contributed by atoms with Crippen molar-refractivity contribution in [3.63, 3.8) is 0 Å². The maximum atomic E-state index is 12.4. The molecule has 2 aromatic heterocycles. The summed E-state index contributed by atoms with van der Waals surface area (Å²) in [5, 5.41) is 0.844. The lowest BCUT2D eigenvalue weighted by Crippen LogP contribution is -2.21. The Hall–Kier alpha value is -3.42. The van der Waals surface area contributed by atoms with E-state index in [2.05, 4.69) is 9.97 Å². The normalized spacial score (nSPS) is 11.8. The van der Waals surface area contributed by atoms with Gasteiger partial charge in [0.05, 0.1) is 33.3 Å². The van der Waals surface area contributed by atoms with Gasteiger partial charge in [-0.15, -0.1) is 0 Å². The number of ether oxygens (including phenoxy) is 3. The van der Waals surface area contributed by atoms with Crippen LogP contribution in [0.1, 0.15) is 18.0 Å². The van der Waals surface area contributed by atoms with Gasteiger partial charge in [0.15, 0.2) is 0 Å². The first-order chi connectivity index (χ1) is 13.1. The van der Waals surface area contributed by atoms with Crippen LogP contribution in [0.15, 0.2) is 42.7 Å². The van der Waals surface area contributed by atoms with Crippen molar-refractivity contribution in [2.24, 2.45) is 0 Å². The van der Waals surface area contributed by atoms with Gasteiger partial charge in [0.25, 0.3) is 0 Å². The van der Waals surface area contributed by atoms with Gasteiger partial charge in [-0.25, -0.2) is 9.97 Å². The van der Waals surface area contributed by atoms with Gasteiger partial charge in [-0.3, -0.25) is 14.2 Å². The van der Waals surface area contributed by atoms with Crippen LogP contribution >= 0.6 is 0 Å². The molecule has 0 saturated heterocycles.